The van der Waals surface area contributed by atoms with Crippen molar-refractivity contribution in [3.63, 3.8) is 0 Å². The number of primary amides is 1. The average molecular weight is 385 g/mol. The number of carbonyl (C=O) groups is 2. The Morgan fingerprint density at radius 3 is 2.48 bits per heavy atom. The summed E-state index contributed by atoms with van der Waals surface area (Å²) in [6.07, 6.45) is 3.31. The van der Waals surface area contributed by atoms with Crippen LogP contribution >= 0.6 is 0 Å². The van der Waals surface area contributed by atoms with Crippen LogP contribution in [-0.2, 0) is 0 Å². The molecule has 144 valence electrons. The van der Waals surface area contributed by atoms with Gasteiger partial charge in [0.2, 0.25) is 0 Å². The van der Waals surface area contributed by atoms with Gasteiger partial charge in [0.1, 0.15) is 5.69 Å². The second kappa shape index (κ2) is 7.47. The third kappa shape index (κ3) is 3.79. The molecule has 4 aromatic rings. The van der Waals surface area contributed by atoms with Gasteiger partial charge in [-0.15, -0.1) is 0 Å². The number of anilines is 2. The second-order valence-electron chi connectivity index (χ2n) is 6.69. The molecule has 7 heteroatoms. The number of aromatic nitrogens is 2. The highest BCUT2D eigenvalue weighted by molar-refractivity contribution is 6.09. The van der Waals surface area contributed by atoms with E-state index in [1.54, 1.807) is 24.5 Å². The van der Waals surface area contributed by atoms with Crippen LogP contribution in [0.15, 0.2) is 67.0 Å². The standard InChI is InChI=1S/C22H19N5O2/c1-13-3-2-4-16(11-13)26-22(29)25-15-7-5-14(6-8-15)19-17-9-10-24-12-18(17)27-20(19)21(23)28/h2-12,27H,1H3,(H2,23,28)(H2,25,26,29). The molecule has 0 radical (unpaired) electrons. The Kier molecular flexibility index (Phi) is 4.70. The van der Waals surface area contributed by atoms with Crippen molar-refractivity contribution in [1.29, 1.82) is 0 Å². The van der Waals surface area contributed by atoms with E-state index in [0.29, 0.717) is 16.9 Å². The summed E-state index contributed by atoms with van der Waals surface area (Å²) in [5, 5.41) is 6.45. The van der Waals surface area contributed by atoms with E-state index in [4.69, 9.17) is 5.73 Å². The number of urea groups is 1. The van der Waals surface area contributed by atoms with Gasteiger partial charge in [-0.3, -0.25) is 9.78 Å². The summed E-state index contributed by atoms with van der Waals surface area (Å²) in [4.78, 5) is 31.2. The van der Waals surface area contributed by atoms with Crippen molar-refractivity contribution in [2.75, 3.05) is 10.6 Å². The summed E-state index contributed by atoms with van der Waals surface area (Å²) < 4.78 is 0. The highest BCUT2D eigenvalue weighted by atomic mass is 16.2. The number of nitrogens with one attached hydrogen (secondary N) is 3. The largest absolute Gasteiger partial charge is 0.364 e. The topological polar surface area (TPSA) is 113 Å². The fourth-order valence-corrected chi connectivity index (χ4v) is 3.27. The van der Waals surface area contributed by atoms with Gasteiger partial charge < -0.3 is 21.4 Å². The van der Waals surface area contributed by atoms with Gasteiger partial charge in [-0.25, -0.2) is 4.79 Å². The van der Waals surface area contributed by atoms with Crippen LogP contribution in [0, 0.1) is 6.92 Å². The van der Waals surface area contributed by atoms with E-state index < -0.39 is 5.91 Å². The summed E-state index contributed by atoms with van der Waals surface area (Å²) in [6, 6.07) is 16.3. The van der Waals surface area contributed by atoms with Crippen LogP contribution < -0.4 is 16.4 Å². The minimum Gasteiger partial charge on any atom is -0.364 e. The molecule has 5 N–H and O–H groups in total. The lowest BCUT2D eigenvalue weighted by molar-refractivity contribution is 0.0997. The minimum atomic E-state index is -0.545. The smallest absolute Gasteiger partial charge is 0.323 e. The maximum atomic E-state index is 12.2. The lowest BCUT2D eigenvalue weighted by atomic mass is 10.0. The summed E-state index contributed by atoms with van der Waals surface area (Å²) in [7, 11) is 0. The molecule has 29 heavy (non-hydrogen) atoms. The molecule has 0 bridgehead atoms. The van der Waals surface area contributed by atoms with Gasteiger partial charge in [-0.2, -0.15) is 0 Å². The molecule has 0 saturated heterocycles. The maximum Gasteiger partial charge on any atom is 0.323 e. The van der Waals surface area contributed by atoms with Gasteiger partial charge in [-0.1, -0.05) is 24.3 Å². The molecular weight excluding hydrogens is 366 g/mol. The molecule has 0 atom stereocenters. The molecule has 0 saturated carbocycles. The first-order valence-electron chi connectivity index (χ1n) is 9.02. The zero-order chi connectivity index (χ0) is 20.4. The molecule has 2 aromatic carbocycles. The van der Waals surface area contributed by atoms with Crippen LogP contribution in [0.3, 0.4) is 0 Å². The number of aryl methyl sites for hydroxylation is 1. The Hall–Kier alpha value is -4.13. The van der Waals surface area contributed by atoms with E-state index in [0.717, 1.165) is 27.7 Å². The predicted molar refractivity (Wildman–Crippen MR) is 114 cm³/mol. The van der Waals surface area contributed by atoms with Crippen LogP contribution in [0.25, 0.3) is 22.0 Å². The molecular formula is C22H19N5O2. The molecule has 0 aliphatic heterocycles. The molecule has 7 nitrogen and oxygen atoms in total. The Bertz CT molecular complexity index is 1210. The SMILES string of the molecule is Cc1cccc(NC(=O)Nc2ccc(-c3c(C(N)=O)[nH]c4cnccc34)cc2)c1. The zero-order valence-corrected chi connectivity index (χ0v) is 15.7. The predicted octanol–water partition coefficient (Wildman–Crippen LogP) is 4.28. The minimum absolute atomic E-state index is 0.325. The van der Waals surface area contributed by atoms with Crippen molar-refractivity contribution in [3.05, 3.63) is 78.2 Å². The van der Waals surface area contributed by atoms with Crippen molar-refractivity contribution in [1.82, 2.24) is 9.97 Å². The van der Waals surface area contributed by atoms with Crippen LogP contribution in [-0.4, -0.2) is 21.9 Å². The third-order valence-electron chi connectivity index (χ3n) is 4.55. The van der Waals surface area contributed by atoms with E-state index in [9.17, 15) is 9.59 Å². The van der Waals surface area contributed by atoms with Crippen LogP contribution in [0.5, 0.6) is 0 Å². The number of aromatic amines is 1. The van der Waals surface area contributed by atoms with Gasteiger partial charge in [-0.05, 0) is 48.4 Å². The fraction of sp³-hybridized carbons (Fsp3) is 0.0455. The summed E-state index contributed by atoms with van der Waals surface area (Å²) in [6.45, 7) is 1.96. The van der Waals surface area contributed by atoms with Crippen molar-refractivity contribution < 1.29 is 9.59 Å². The van der Waals surface area contributed by atoms with Gasteiger partial charge >= 0.3 is 6.03 Å². The van der Waals surface area contributed by atoms with Gasteiger partial charge in [0.15, 0.2) is 0 Å². The van der Waals surface area contributed by atoms with Gasteiger partial charge in [0.25, 0.3) is 5.91 Å². The molecule has 3 amide bonds. The number of hydrogen-bond donors (Lipinski definition) is 4. The number of rotatable bonds is 4. The second-order valence-corrected chi connectivity index (χ2v) is 6.69. The molecule has 0 fully saturated rings. The number of pyridine rings is 1. The molecule has 0 aliphatic carbocycles. The number of nitrogens with two attached hydrogens (primary N) is 1. The first-order chi connectivity index (χ1) is 14.0. The number of nitrogens with zero attached hydrogens (tertiary/aromatic N) is 1. The normalized spacial score (nSPS) is 10.7. The highest BCUT2D eigenvalue weighted by Crippen LogP contribution is 2.32. The lowest BCUT2D eigenvalue weighted by Gasteiger charge is -2.09. The van der Waals surface area contributed by atoms with E-state index in [1.807, 2.05) is 49.4 Å². The number of benzene rings is 2. The van der Waals surface area contributed by atoms with Crippen molar-refractivity contribution in [2.45, 2.75) is 6.92 Å². The number of hydrogen-bond acceptors (Lipinski definition) is 3. The molecule has 0 spiro atoms. The summed E-state index contributed by atoms with van der Waals surface area (Å²) in [5.41, 5.74) is 10.5. The molecule has 2 aromatic heterocycles. The number of H-pyrrole nitrogens is 1. The number of carbonyl (C=O) groups excluding carboxylic acids is 2. The third-order valence-corrected chi connectivity index (χ3v) is 4.55. The molecule has 4 rings (SSSR count). The van der Waals surface area contributed by atoms with Crippen molar-refractivity contribution >= 4 is 34.2 Å². The maximum absolute atomic E-state index is 12.2. The number of amides is 3. The lowest BCUT2D eigenvalue weighted by Crippen LogP contribution is -2.19. The number of fused-ring (bicyclic) bond motifs is 1. The molecule has 0 aliphatic rings. The van der Waals surface area contributed by atoms with E-state index in [-0.39, 0.29) is 6.03 Å². The Balaban J connectivity index is 1.57. The van der Waals surface area contributed by atoms with E-state index >= 15 is 0 Å². The first-order valence-corrected chi connectivity index (χ1v) is 9.02. The van der Waals surface area contributed by atoms with Crippen LogP contribution in [0.2, 0.25) is 0 Å². The monoisotopic (exact) mass is 385 g/mol. The van der Waals surface area contributed by atoms with Crippen molar-refractivity contribution in [3.8, 4) is 11.1 Å². The van der Waals surface area contributed by atoms with Crippen LogP contribution in [0.4, 0.5) is 16.2 Å². The summed E-state index contributed by atoms with van der Waals surface area (Å²) >= 11 is 0. The Morgan fingerprint density at radius 1 is 1.00 bits per heavy atom. The van der Waals surface area contributed by atoms with Gasteiger partial charge in [0, 0.05) is 28.5 Å². The van der Waals surface area contributed by atoms with E-state index in [2.05, 4.69) is 20.6 Å². The van der Waals surface area contributed by atoms with Crippen LogP contribution in [0.1, 0.15) is 16.1 Å². The quantitative estimate of drug-likeness (QED) is 0.420. The van der Waals surface area contributed by atoms with Crippen molar-refractivity contribution in [2.24, 2.45) is 5.73 Å². The summed E-state index contributed by atoms with van der Waals surface area (Å²) in [5.74, 6) is -0.545. The fourth-order valence-electron chi connectivity index (χ4n) is 3.27. The highest BCUT2D eigenvalue weighted by Gasteiger charge is 2.17. The average Bonchev–Trinajstić information content (AvgIpc) is 3.08. The Morgan fingerprint density at radius 2 is 1.76 bits per heavy atom. The van der Waals surface area contributed by atoms with E-state index in [1.165, 1.54) is 0 Å². The molecule has 2 heterocycles. The Labute approximate surface area is 167 Å². The zero-order valence-electron chi connectivity index (χ0n) is 15.7. The molecule has 0 unspecified atom stereocenters. The van der Waals surface area contributed by atoms with Gasteiger partial charge in [0.05, 0.1) is 11.7 Å². The first kappa shape index (κ1) is 18.2.